The Bertz CT molecular complexity index is 618. The number of hydrogen-bond donors (Lipinski definition) is 1. The Morgan fingerprint density at radius 2 is 1.60 bits per heavy atom. The molecule has 2 rings (SSSR count). The molecule has 1 amide bonds. The molecule has 2 aromatic carbocycles. The van der Waals surface area contributed by atoms with E-state index in [1.54, 1.807) is 12.1 Å². The van der Waals surface area contributed by atoms with Crippen LogP contribution in [0.25, 0.3) is 0 Å². The van der Waals surface area contributed by atoms with Crippen molar-refractivity contribution < 1.29 is 18.0 Å². The van der Waals surface area contributed by atoms with Crippen LogP contribution in [0, 0.1) is 6.92 Å². The summed E-state index contributed by atoms with van der Waals surface area (Å²) in [5, 5.41) is 2.66. The van der Waals surface area contributed by atoms with Gasteiger partial charge in [-0.15, -0.1) is 0 Å². The van der Waals surface area contributed by atoms with E-state index in [0.29, 0.717) is 5.69 Å². The highest BCUT2D eigenvalue weighted by atomic mass is 19.4. The summed E-state index contributed by atoms with van der Waals surface area (Å²) in [7, 11) is 0. The number of carbonyl (C=O) groups excluding carboxylic acids is 1. The summed E-state index contributed by atoms with van der Waals surface area (Å²) in [6.07, 6.45) is -4.40. The lowest BCUT2D eigenvalue weighted by Gasteiger charge is -2.09. The zero-order valence-corrected chi connectivity index (χ0v) is 10.7. The van der Waals surface area contributed by atoms with Gasteiger partial charge in [-0.05, 0) is 42.8 Å². The van der Waals surface area contributed by atoms with Crippen LogP contribution >= 0.6 is 0 Å². The number of nitrogens with one attached hydrogen (secondary N) is 1. The number of alkyl halides is 3. The minimum atomic E-state index is -4.40. The number of benzene rings is 2. The maximum absolute atomic E-state index is 12.4. The number of halogens is 3. The van der Waals surface area contributed by atoms with Gasteiger partial charge in [0.15, 0.2) is 0 Å². The lowest BCUT2D eigenvalue weighted by Crippen LogP contribution is -2.13. The second-order valence-electron chi connectivity index (χ2n) is 4.34. The van der Waals surface area contributed by atoms with E-state index in [4.69, 9.17) is 0 Å². The summed E-state index contributed by atoms with van der Waals surface area (Å²) in [6, 6.07) is 11.3. The molecule has 20 heavy (non-hydrogen) atoms. The van der Waals surface area contributed by atoms with Crippen molar-refractivity contribution in [3.8, 4) is 0 Å². The number of amides is 1. The van der Waals surface area contributed by atoms with E-state index in [2.05, 4.69) is 5.32 Å². The van der Waals surface area contributed by atoms with Gasteiger partial charge in [-0.3, -0.25) is 4.79 Å². The lowest BCUT2D eigenvalue weighted by atomic mass is 10.1. The van der Waals surface area contributed by atoms with Crippen LogP contribution < -0.4 is 5.32 Å². The Hall–Kier alpha value is -2.30. The Morgan fingerprint density at radius 3 is 2.15 bits per heavy atom. The third kappa shape index (κ3) is 3.17. The van der Waals surface area contributed by atoms with Gasteiger partial charge < -0.3 is 5.32 Å². The van der Waals surface area contributed by atoms with E-state index in [1.807, 2.05) is 19.1 Å². The molecule has 0 heterocycles. The number of aryl methyl sites for hydroxylation is 1. The van der Waals surface area contributed by atoms with Gasteiger partial charge in [0.05, 0.1) is 5.56 Å². The lowest BCUT2D eigenvalue weighted by molar-refractivity contribution is -0.137. The molecule has 0 saturated heterocycles. The average molecular weight is 279 g/mol. The van der Waals surface area contributed by atoms with Crippen molar-refractivity contribution in [1.82, 2.24) is 0 Å². The standard InChI is InChI=1S/C15H12F3NO/c1-10-4-2-3-5-13(10)19-14(20)11-6-8-12(9-7-11)15(16,17)18/h2-9H,1H3,(H,19,20). The first kappa shape index (κ1) is 14.1. The fourth-order valence-corrected chi connectivity index (χ4v) is 1.72. The molecular formula is C15H12F3NO. The summed E-state index contributed by atoms with van der Waals surface area (Å²) >= 11 is 0. The van der Waals surface area contributed by atoms with E-state index < -0.39 is 17.6 Å². The fraction of sp³-hybridized carbons (Fsp3) is 0.133. The van der Waals surface area contributed by atoms with Crippen LogP contribution in [0.15, 0.2) is 48.5 Å². The van der Waals surface area contributed by atoms with Crippen molar-refractivity contribution in [2.24, 2.45) is 0 Å². The van der Waals surface area contributed by atoms with Crippen LogP contribution in [0.1, 0.15) is 21.5 Å². The maximum Gasteiger partial charge on any atom is 0.416 e. The molecule has 2 aromatic rings. The molecular weight excluding hydrogens is 267 g/mol. The first-order valence-corrected chi connectivity index (χ1v) is 5.92. The zero-order chi connectivity index (χ0) is 14.8. The number of anilines is 1. The minimum absolute atomic E-state index is 0.182. The highest BCUT2D eigenvalue weighted by Crippen LogP contribution is 2.29. The number of rotatable bonds is 2. The molecule has 0 atom stereocenters. The predicted octanol–water partition coefficient (Wildman–Crippen LogP) is 4.27. The molecule has 0 unspecified atom stereocenters. The first-order chi connectivity index (χ1) is 9.38. The van der Waals surface area contributed by atoms with E-state index in [1.165, 1.54) is 0 Å². The number of hydrogen-bond acceptors (Lipinski definition) is 1. The summed E-state index contributed by atoms with van der Waals surface area (Å²) in [5.41, 5.74) is 0.927. The van der Waals surface area contributed by atoms with Crippen molar-refractivity contribution in [2.75, 3.05) is 5.32 Å². The minimum Gasteiger partial charge on any atom is -0.322 e. The molecule has 1 N–H and O–H groups in total. The van der Waals surface area contributed by atoms with Crippen molar-refractivity contribution in [1.29, 1.82) is 0 Å². The molecule has 2 nitrogen and oxygen atoms in total. The third-order valence-electron chi connectivity index (χ3n) is 2.87. The monoisotopic (exact) mass is 279 g/mol. The zero-order valence-electron chi connectivity index (χ0n) is 10.7. The summed E-state index contributed by atoms with van der Waals surface area (Å²) in [6.45, 7) is 1.84. The van der Waals surface area contributed by atoms with Gasteiger partial charge >= 0.3 is 6.18 Å². The molecule has 0 aliphatic rings. The average Bonchev–Trinajstić information content (AvgIpc) is 2.40. The molecule has 0 saturated carbocycles. The molecule has 0 spiro atoms. The topological polar surface area (TPSA) is 29.1 Å². The second-order valence-corrected chi connectivity index (χ2v) is 4.34. The summed E-state index contributed by atoms with van der Waals surface area (Å²) in [4.78, 5) is 11.9. The predicted molar refractivity (Wildman–Crippen MR) is 70.6 cm³/mol. The smallest absolute Gasteiger partial charge is 0.322 e. The van der Waals surface area contributed by atoms with Gasteiger partial charge in [0.1, 0.15) is 0 Å². The van der Waals surface area contributed by atoms with Crippen LogP contribution in [0.4, 0.5) is 18.9 Å². The van der Waals surface area contributed by atoms with Crippen molar-refractivity contribution in [2.45, 2.75) is 13.1 Å². The van der Waals surface area contributed by atoms with Gasteiger partial charge in [-0.2, -0.15) is 13.2 Å². The summed E-state index contributed by atoms with van der Waals surface area (Å²) < 4.78 is 37.3. The molecule has 0 aliphatic heterocycles. The van der Waals surface area contributed by atoms with Gasteiger partial charge in [-0.1, -0.05) is 18.2 Å². The first-order valence-electron chi connectivity index (χ1n) is 5.92. The molecule has 0 bridgehead atoms. The molecule has 104 valence electrons. The maximum atomic E-state index is 12.4. The molecule has 0 aliphatic carbocycles. The SMILES string of the molecule is Cc1ccccc1NC(=O)c1ccc(C(F)(F)F)cc1. The second kappa shape index (κ2) is 5.36. The highest BCUT2D eigenvalue weighted by molar-refractivity contribution is 6.04. The van der Waals surface area contributed by atoms with Crippen LogP contribution in [0.5, 0.6) is 0 Å². The quantitative estimate of drug-likeness (QED) is 0.874. The van der Waals surface area contributed by atoms with Gasteiger partial charge in [0, 0.05) is 11.3 Å². The Labute approximate surface area is 114 Å². The number of para-hydroxylation sites is 1. The van der Waals surface area contributed by atoms with Crippen molar-refractivity contribution in [3.63, 3.8) is 0 Å². The molecule has 0 radical (unpaired) electrons. The van der Waals surface area contributed by atoms with E-state index in [-0.39, 0.29) is 5.56 Å². The van der Waals surface area contributed by atoms with Crippen LogP contribution in [-0.2, 0) is 6.18 Å². The summed E-state index contributed by atoms with van der Waals surface area (Å²) in [5.74, 6) is -0.437. The Morgan fingerprint density at radius 1 is 1.00 bits per heavy atom. The van der Waals surface area contributed by atoms with Crippen molar-refractivity contribution in [3.05, 3.63) is 65.2 Å². The fourth-order valence-electron chi connectivity index (χ4n) is 1.72. The third-order valence-corrected chi connectivity index (χ3v) is 2.87. The van der Waals surface area contributed by atoms with Gasteiger partial charge in [0.25, 0.3) is 5.91 Å². The molecule has 5 heteroatoms. The Balaban J connectivity index is 2.16. The van der Waals surface area contributed by atoms with Gasteiger partial charge in [-0.25, -0.2) is 0 Å². The van der Waals surface area contributed by atoms with Crippen LogP contribution in [-0.4, -0.2) is 5.91 Å². The molecule has 0 fully saturated rings. The van der Waals surface area contributed by atoms with Crippen LogP contribution in [0.3, 0.4) is 0 Å². The molecule has 0 aromatic heterocycles. The normalized spacial score (nSPS) is 11.2. The highest BCUT2D eigenvalue weighted by Gasteiger charge is 2.30. The van der Waals surface area contributed by atoms with E-state index in [9.17, 15) is 18.0 Å². The Kier molecular flexibility index (Phi) is 3.79. The largest absolute Gasteiger partial charge is 0.416 e. The van der Waals surface area contributed by atoms with Gasteiger partial charge in [0.2, 0.25) is 0 Å². The number of carbonyl (C=O) groups is 1. The van der Waals surface area contributed by atoms with Crippen molar-refractivity contribution >= 4 is 11.6 Å². The van der Waals surface area contributed by atoms with E-state index in [0.717, 1.165) is 29.8 Å². The van der Waals surface area contributed by atoms with E-state index >= 15 is 0 Å². The van der Waals surface area contributed by atoms with Crippen LogP contribution in [0.2, 0.25) is 0 Å².